The molecule has 1 aliphatic heterocycles. The number of phenolic OH excluding ortho intramolecular Hbond substituents is 1. The van der Waals surface area contributed by atoms with Gasteiger partial charge in [0.05, 0.1) is 31.8 Å². The number of halogens is 1. The number of aromatic nitrogens is 1. The monoisotopic (exact) mass is 519 g/mol. The number of amides is 2. The summed E-state index contributed by atoms with van der Waals surface area (Å²) in [5, 5.41) is 15.2. The Morgan fingerprint density at radius 2 is 1.81 bits per heavy atom. The molecule has 36 heavy (non-hydrogen) atoms. The minimum absolute atomic E-state index is 0.0146. The van der Waals surface area contributed by atoms with Crippen molar-refractivity contribution in [2.75, 3.05) is 5.32 Å². The number of rotatable bonds is 4. The van der Waals surface area contributed by atoms with E-state index in [0.29, 0.717) is 5.69 Å². The Balaban J connectivity index is 1.33. The first kappa shape index (κ1) is 23.5. The molecule has 0 saturated heterocycles. The molecular weight excluding hydrogens is 502 g/mol. The van der Waals surface area contributed by atoms with E-state index >= 15 is 0 Å². The van der Waals surface area contributed by atoms with E-state index in [2.05, 4.69) is 15.6 Å². The molecule has 4 aromatic rings. The number of fused-ring (bicyclic) bond motifs is 2. The van der Waals surface area contributed by atoms with Crippen molar-refractivity contribution in [1.29, 1.82) is 0 Å². The van der Waals surface area contributed by atoms with Crippen molar-refractivity contribution in [3.8, 4) is 17.0 Å². The zero-order valence-corrected chi connectivity index (χ0v) is 20.1. The third-order valence-corrected chi connectivity index (χ3v) is 7.89. The van der Waals surface area contributed by atoms with Crippen molar-refractivity contribution in [3.05, 3.63) is 101 Å². The average molecular weight is 520 g/mol. The minimum atomic E-state index is -3.95. The van der Waals surface area contributed by atoms with Gasteiger partial charge in [-0.1, -0.05) is 29.8 Å². The Kier molecular flexibility index (Phi) is 5.95. The van der Waals surface area contributed by atoms with Crippen molar-refractivity contribution >= 4 is 38.9 Å². The van der Waals surface area contributed by atoms with Crippen LogP contribution in [0.15, 0.2) is 88.8 Å². The van der Waals surface area contributed by atoms with Crippen molar-refractivity contribution < 1.29 is 23.1 Å². The van der Waals surface area contributed by atoms with E-state index in [1.807, 2.05) is 0 Å². The molecule has 1 aromatic heterocycles. The van der Waals surface area contributed by atoms with E-state index in [1.54, 1.807) is 42.6 Å². The average Bonchev–Trinajstić information content (AvgIpc) is 2.96. The lowest BCUT2D eigenvalue weighted by Crippen LogP contribution is -2.23. The highest BCUT2D eigenvalue weighted by molar-refractivity contribution is 7.91. The fourth-order valence-electron chi connectivity index (χ4n) is 3.85. The summed E-state index contributed by atoms with van der Waals surface area (Å²) < 4.78 is 26.2. The summed E-state index contributed by atoms with van der Waals surface area (Å²) in [5.74, 6) is -1.02. The number of hydrogen-bond donors (Lipinski definition) is 3. The standard InChI is InChI=1S/C26H18ClN3O5S/c27-19-11-16(6-9-22(19)31)20-8-5-15(13-28-20)14-29-25(32)17-7-10-24-21(12-17)30-26(33)18-3-1-2-4-23(18)36(24,34)35/h1-13,31H,14H2,(H,29,32)(H,30,33). The van der Waals surface area contributed by atoms with Crippen LogP contribution in [0.5, 0.6) is 5.75 Å². The van der Waals surface area contributed by atoms with Gasteiger partial charge in [-0.2, -0.15) is 0 Å². The van der Waals surface area contributed by atoms with Gasteiger partial charge < -0.3 is 15.7 Å². The van der Waals surface area contributed by atoms with Gasteiger partial charge in [0, 0.05) is 23.9 Å². The first-order chi connectivity index (χ1) is 17.2. The molecule has 0 atom stereocenters. The predicted molar refractivity (Wildman–Crippen MR) is 134 cm³/mol. The number of nitrogens with zero attached hydrogens (tertiary/aromatic N) is 1. The maximum absolute atomic E-state index is 13.1. The van der Waals surface area contributed by atoms with E-state index in [1.165, 1.54) is 36.4 Å². The summed E-state index contributed by atoms with van der Waals surface area (Å²) in [6.07, 6.45) is 1.61. The fourth-order valence-corrected chi connectivity index (χ4v) is 5.62. The van der Waals surface area contributed by atoms with Crippen molar-refractivity contribution in [2.45, 2.75) is 16.3 Å². The fraction of sp³-hybridized carbons (Fsp3) is 0.0385. The number of phenols is 1. The van der Waals surface area contributed by atoms with E-state index < -0.39 is 21.7 Å². The third kappa shape index (κ3) is 4.30. The molecule has 0 unspecified atom stereocenters. The maximum Gasteiger partial charge on any atom is 0.257 e. The third-order valence-electron chi connectivity index (χ3n) is 5.72. The number of nitrogens with one attached hydrogen (secondary N) is 2. The van der Waals surface area contributed by atoms with Gasteiger partial charge >= 0.3 is 0 Å². The van der Waals surface area contributed by atoms with Gasteiger partial charge in [-0.05, 0) is 60.2 Å². The zero-order valence-electron chi connectivity index (χ0n) is 18.5. The topological polar surface area (TPSA) is 125 Å². The van der Waals surface area contributed by atoms with Gasteiger partial charge in [-0.3, -0.25) is 14.6 Å². The number of hydrogen-bond acceptors (Lipinski definition) is 6. The smallest absolute Gasteiger partial charge is 0.257 e. The number of carbonyl (C=O) groups is 2. The van der Waals surface area contributed by atoms with Crippen molar-refractivity contribution in [3.63, 3.8) is 0 Å². The Bertz CT molecular complexity index is 1640. The SMILES string of the molecule is O=C(NCc1ccc(-c2ccc(O)c(Cl)c2)nc1)c1ccc2c(c1)NC(=O)c1ccccc1S2(=O)=O. The Hall–Kier alpha value is -4.21. The molecule has 3 N–H and O–H groups in total. The molecule has 2 amide bonds. The molecule has 3 aromatic carbocycles. The van der Waals surface area contributed by atoms with Crippen molar-refractivity contribution in [1.82, 2.24) is 10.3 Å². The lowest BCUT2D eigenvalue weighted by Gasteiger charge is -2.10. The molecule has 0 fully saturated rings. The Labute approximate surface area is 211 Å². The summed E-state index contributed by atoms with van der Waals surface area (Å²) in [6, 6.07) is 18.4. The van der Waals surface area contributed by atoms with Crippen LogP contribution in [0.25, 0.3) is 11.3 Å². The molecule has 0 spiro atoms. The zero-order chi connectivity index (χ0) is 25.4. The molecule has 0 radical (unpaired) electrons. The summed E-state index contributed by atoms with van der Waals surface area (Å²) in [6.45, 7) is 0.176. The van der Waals surface area contributed by atoms with Crippen LogP contribution in [0.2, 0.25) is 5.02 Å². The van der Waals surface area contributed by atoms with Gasteiger partial charge in [-0.25, -0.2) is 8.42 Å². The summed E-state index contributed by atoms with van der Waals surface area (Å²) in [4.78, 5) is 29.6. The lowest BCUT2D eigenvalue weighted by molar-refractivity contribution is 0.0949. The summed E-state index contributed by atoms with van der Waals surface area (Å²) >= 11 is 5.96. The Morgan fingerprint density at radius 1 is 1.00 bits per heavy atom. The molecule has 0 aliphatic carbocycles. The highest BCUT2D eigenvalue weighted by Gasteiger charge is 2.31. The van der Waals surface area contributed by atoms with Crippen LogP contribution in [-0.2, 0) is 16.4 Å². The van der Waals surface area contributed by atoms with Gasteiger partial charge in [0.2, 0.25) is 9.84 Å². The molecule has 10 heteroatoms. The van der Waals surface area contributed by atoms with Crippen LogP contribution in [0.3, 0.4) is 0 Å². The lowest BCUT2D eigenvalue weighted by atomic mass is 10.1. The second kappa shape index (κ2) is 9.10. The molecule has 0 saturated carbocycles. The van der Waals surface area contributed by atoms with Crippen LogP contribution in [0.1, 0.15) is 26.3 Å². The number of aromatic hydroxyl groups is 1. The first-order valence-electron chi connectivity index (χ1n) is 10.8. The number of pyridine rings is 1. The number of anilines is 1. The second-order valence-electron chi connectivity index (χ2n) is 8.07. The van der Waals surface area contributed by atoms with E-state index in [0.717, 1.165) is 11.1 Å². The van der Waals surface area contributed by atoms with E-state index in [4.69, 9.17) is 11.6 Å². The quantitative estimate of drug-likeness (QED) is 0.366. The van der Waals surface area contributed by atoms with Crippen LogP contribution >= 0.6 is 11.6 Å². The maximum atomic E-state index is 13.1. The minimum Gasteiger partial charge on any atom is -0.506 e. The molecule has 0 bridgehead atoms. The second-order valence-corrected chi connectivity index (χ2v) is 10.4. The van der Waals surface area contributed by atoms with Gasteiger partial charge in [0.15, 0.2) is 0 Å². The normalized spacial score (nSPS) is 13.6. The number of benzene rings is 3. The van der Waals surface area contributed by atoms with Crippen LogP contribution in [-0.4, -0.2) is 30.3 Å². The number of sulfone groups is 1. The Morgan fingerprint density at radius 3 is 2.56 bits per heavy atom. The van der Waals surface area contributed by atoms with E-state index in [-0.39, 0.29) is 43.9 Å². The predicted octanol–water partition coefficient (Wildman–Crippen LogP) is 4.44. The van der Waals surface area contributed by atoms with Crippen LogP contribution in [0, 0.1) is 0 Å². The molecule has 2 heterocycles. The highest BCUT2D eigenvalue weighted by atomic mass is 35.5. The largest absolute Gasteiger partial charge is 0.506 e. The van der Waals surface area contributed by atoms with Gasteiger partial charge in [0.1, 0.15) is 5.75 Å². The first-order valence-corrected chi connectivity index (χ1v) is 12.6. The summed E-state index contributed by atoms with van der Waals surface area (Å²) in [7, 11) is -3.95. The van der Waals surface area contributed by atoms with Crippen LogP contribution < -0.4 is 10.6 Å². The van der Waals surface area contributed by atoms with Gasteiger partial charge in [0.25, 0.3) is 11.8 Å². The van der Waals surface area contributed by atoms with Crippen molar-refractivity contribution in [2.24, 2.45) is 0 Å². The molecular formula is C26H18ClN3O5S. The molecule has 180 valence electrons. The van der Waals surface area contributed by atoms with E-state index in [9.17, 15) is 23.1 Å². The molecule has 5 rings (SSSR count). The van der Waals surface area contributed by atoms with Crippen LogP contribution in [0.4, 0.5) is 5.69 Å². The highest BCUT2D eigenvalue weighted by Crippen LogP contribution is 2.34. The summed E-state index contributed by atoms with van der Waals surface area (Å²) in [5.41, 5.74) is 2.40. The molecule has 8 nitrogen and oxygen atoms in total. The number of carbonyl (C=O) groups excluding carboxylic acids is 2. The molecule has 1 aliphatic rings. The van der Waals surface area contributed by atoms with Gasteiger partial charge in [-0.15, -0.1) is 0 Å².